The second-order valence-electron chi connectivity index (χ2n) is 6.81. The van der Waals surface area contributed by atoms with Crippen LogP contribution in [0.2, 0.25) is 0 Å². The summed E-state index contributed by atoms with van der Waals surface area (Å²) < 4.78 is 0. The van der Waals surface area contributed by atoms with Crippen molar-refractivity contribution in [3.63, 3.8) is 0 Å². The molecular formula is C19H26N2O2S. The van der Waals surface area contributed by atoms with Gasteiger partial charge >= 0.3 is 0 Å². The van der Waals surface area contributed by atoms with E-state index in [1.165, 1.54) is 12.8 Å². The molecule has 2 aliphatic rings. The van der Waals surface area contributed by atoms with Crippen molar-refractivity contribution in [1.82, 2.24) is 4.90 Å². The number of amides is 2. The maximum atomic E-state index is 12.9. The summed E-state index contributed by atoms with van der Waals surface area (Å²) in [6, 6.07) is 6.14. The Hall–Kier alpha value is -1.49. The van der Waals surface area contributed by atoms with Crippen LogP contribution in [0.25, 0.3) is 0 Å². The van der Waals surface area contributed by atoms with Crippen molar-refractivity contribution in [3.05, 3.63) is 29.3 Å². The van der Waals surface area contributed by atoms with Crippen LogP contribution >= 0.6 is 11.8 Å². The highest BCUT2D eigenvalue weighted by Crippen LogP contribution is 2.33. The number of carbonyl (C=O) groups is 2. The molecule has 1 aliphatic carbocycles. The number of rotatable bonds is 3. The molecule has 1 aromatic rings. The molecule has 5 heteroatoms. The molecule has 3 rings (SSSR count). The highest BCUT2D eigenvalue weighted by Gasteiger charge is 2.32. The number of benzene rings is 1. The molecule has 0 radical (unpaired) electrons. The second kappa shape index (κ2) is 7.18. The van der Waals surface area contributed by atoms with Crippen molar-refractivity contribution in [2.75, 3.05) is 24.7 Å². The maximum Gasteiger partial charge on any atom is 0.253 e. The Kier molecular flexibility index (Phi) is 5.18. The summed E-state index contributed by atoms with van der Waals surface area (Å²) in [5.41, 5.74) is 2.83. The smallest absolute Gasteiger partial charge is 0.253 e. The Morgan fingerprint density at radius 2 is 2.04 bits per heavy atom. The summed E-state index contributed by atoms with van der Waals surface area (Å²) in [6.45, 7) is 2.37. The fraction of sp³-hybridized carbons (Fsp3) is 0.579. The number of thioether (sulfide) groups is 1. The largest absolute Gasteiger partial charge is 0.338 e. The van der Waals surface area contributed by atoms with Crippen LogP contribution in [0.4, 0.5) is 5.69 Å². The molecule has 1 heterocycles. The maximum absolute atomic E-state index is 12.9. The molecule has 130 valence electrons. The molecule has 24 heavy (non-hydrogen) atoms. The molecule has 4 nitrogen and oxygen atoms in total. The van der Waals surface area contributed by atoms with Gasteiger partial charge in [0.1, 0.15) is 0 Å². The number of hydrogen-bond donors (Lipinski definition) is 0. The lowest BCUT2D eigenvalue weighted by Gasteiger charge is -2.31. The van der Waals surface area contributed by atoms with Gasteiger partial charge in [-0.25, -0.2) is 0 Å². The number of nitrogens with zero attached hydrogens (tertiary/aromatic N) is 2. The fourth-order valence-corrected chi connectivity index (χ4v) is 5.07. The van der Waals surface area contributed by atoms with Crippen LogP contribution in [0, 0.1) is 0 Å². The molecule has 1 saturated carbocycles. The molecule has 0 N–H and O–H groups in total. The monoisotopic (exact) mass is 346 g/mol. The Bertz CT molecular complexity index is 646. The van der Waals surface area contributed by atoms with E-state index >= 15 is 0 Å². The fourth-order valence-electron chi connectivity index (χ4n) is 4.04. The highest BCUT2D eigenvalue weighted by molar-refractivity contribution is 7.99. The van der Waals surface area contributed by atoms with E-state index in [4.69, 9.17) is 0 Å². The molecule has 0 spiro atoms. The highest BCUT2D eigenvalue weighted by atomic mass is 32.2. The molecule has 1 aromatic carbocycles. The average Bonchev–Trinajstić information content (AvgIpc) is 3.07. The van der Waals surface area contributed by atoms with Crippen molar-refractivity contribution in [2.45, 2.75) is 50.3 Å². The SMILES string of the molecule is CS[C@H]1CCC[C@H]1N(C)C(=O)c1ccc2c(c1)CCCN2C(C)=O. The predicted octanol–water partition coefficient (Wildman–Crippen LogP) is 3.34. The van der Waals surface area contributed by atoms with Crippen molar-refractivity contribution < 1.29 is 9.59 Å². The zero-order chi connectivity index (χ0) is 17.3. The first-order valence-corrected chi connectivity index (χ1v) is 10.0. The molecule has 1 aliphatic heterocycles. The number of hydrogen-bond acceptors (Lipinski definition) is 3. The van der Waals surface area contributed by atoms with E-state index < -0.39 is 0 Å². The molecule has 2 atom stereocenters. The Labute approximate surface area is 148 Å². The van der Waals surface area contributed by atoms with Gasteiger partial charge in [-0.15, -0.1) is 0 Å². The third-order valence-corrected chi connectivity index (χ3v) is 6.52. The van der Waals surface area contributed by atoms with Gasteiger partial charge in [-0.3, -0.25) is 9.59 Å². The van der Waals surface area contributed by atoms with Gasteiger partial charge in [-0.1, -0.05) is 6.42 Å². The molecule has 2 amide bonds. The number of carbonyl (C=O) groups excluding carboxylic acids is 2. The van der Waals surface area contributed by atoms with Crippen LogP contribution in [0.15, 0.2) is 18.2 Å². The van der Waals surface area contributed by atoms with Crippen molar-refractivity contribution >= 4 is 29.3 Å². The normalized spacial score (nSPS) is 23.0. The summed E-state index contributed by atoms with van der Waals surface area (Å²) in [5, 5.41) is 0.546. The summed E-state index contributed by atoms with van der Waals surface area (Å²) >= 11 is 1.87. The number of fused-ring (bicyclic) bond motifs is 1. The van der Waals surface area contributed by atoms with Crippen molar-refractivity contribution in [3.8, 4) is 0 Å². The molecule has 0 bridgehead atoms. The van der Waals surface area contributed by atoms with Crippen LogP contribution in [0.1, 0.15) is 48.5 Å². The first kappa shape index (κ1) is 17.3. The van der Waals surface area contributed by atoms with Crippen molar-refractivity contribution in [1.29, 1.82) is 0 Å². The third-order valence-electron chi connectivity index (χ3n) is 5.36. The molecular weight excluding hydrogens is 320 g/mol. The topological polar surface area (TPSA) is 40.6 Å². The van der Waals surface area contributed by atoms with Gasteiger partial charge in [0.25, 0.3) is 5.91 Å². The Balaban J connectivity index is 1.82. The van der Waals surface area contributed by atoms with Crippen LogP contribution < -0.4 is 4.90 Å². The average molecular weight is 346 g/mol. The van der Waals surface area contributed by atoms with Gasteiger partial charge in [0.2, 0.25) is 5.91 Å². The van der Waals surface area contributed by atoms with Crippen LogP contribution in [-0.4, -0.2) is 47.9 Å². The van der Waals surface area contributed by atoms with Gasteiger partial charge < -0.3 is 9.80 Å². The van der Waals surface area contributed by atoms with E-state index in [1.807, 2.05) is 46.8 Å². The van der Waals surface area contributed by atoms with E-state index in [0.29, 0.717) is 11.3 Å². The van der Waals surface area contributed by atoms with Gasteiger partial charge in [0.05, 0.1) is 0 Å². The lowest BCUT2D eigenvalue weighted by molar-refractivity contribution is -0.116. The van der Waals surface area contributed by atoms with Crippen LogP contribution in [0.5, 0.6) is 0 Å². The van der Waals surface area contributed by atoms with Crippen molar-refractivity contribution in [2.24, 2.45) is 0 Å². The minimum atomic E-state index is 0.0703. The molecule has 0 aromatic heterocycles. The summed E-state index contributed by atoms with van der Waals surface area (Å²) in [6.07, 6.45) is 7.51. The number of anilines is 1. The van der Waals surface area contributed by atoms with Gasteiger partial charge in [-0.05, 0) is 55.7 Å². The van der Waals surface area contributed by atoms with Gasteiger partial charge in [0, 0.05) is 43.1 Å². The molecule has 0 saturated heterocycles. The number of aryl methyl sites for hydroxylation is 1. The standard InChI is InChI=1S/C19H26N2O2S/c1-13(22)21-11-5-6-14-12-15(9-10-16(14)21)19(23)20(2)17-7-4-8-18(17)24-3/h9-10,12,17-18H,4-8,11H2,1-3H3/t17-,18+/m1/s1. The Morgan fingerprint density at radius 1 is 1.25 bits per heavy atom. The van der Waals surface area contributed by atoms with Crippen LogP contribution in [0.3, 0.4) is 0 Å². The summed E-state index contributed by atoms with van der Waals surface area (Å²) in [5.74, 6) is 0.171. The third kappa shape index (κ3) is 3.18. The van der Waals surface area contributed by atoms with Gasteiger partial charge in [0.15, 0.2) is 0 Å². The summed E-state index contributed by atoms with van der Waals surface area (Å²) in [4.78, 5) is 28.5. The second-order valence-corrected chi connectivity index (χ2v) is 7.88. The van der Waals surface area contributed by atoms with E-state index in [-0.39, 0.29) is 11.8 Å². The molecule has 1 fully saturated rings. The van der Waals surface area contributed by atoms with Gasteiger partial charge in [-0.2, -0.15) is 11.8 Å². The van der Waals surface area contributed by atoms with E-state index in [9.17, 15) is 9.59 Å². The van der Waals surface area contributed by atoms with E-state index in [0.717, 1.165) is 42.6 Å². The zero-order valence-corrected chi connectivity index (χ0v) is 15.6. The first-order valence-electron chi connectivity index (χ1n) is 8.74. The van der Waals surface area contributed by atoms with E-state index in [2.05, 4.69) is 6.26 Å². The van der Waals surface area contributed by atoms with E-state index in [1.54, 1.807) is 6.92 Å². The predicted molar refractivity (Wildman–Crippen MR) is 99.8 cm³/mol. The lowest BCUT2D eigenvalue weighted by Crippen LogP contribution is -2.40. The summed E-state index contributed by atoms with van der Waals surface area (Å²) in [7, 11) is 1.93. The lowest BCUT2D eigenvalue weighted by atomic mass is 9.98. The minimum Gasteiger partial charge on any atom is -0.338 e. The quantitative estimate of drug-likeness (QED) is 0.843. The Morgan fingerprint density at radius 3 is 2.75 bits per heavy atom. The zero-order valence-electron chi connectivity index (χ0n) is 14.7. The molecule has 0 unspecified atom stereocenters. The van der Waals surface area contributed by atoms with Crippen LogP contribution in [-0.2, 0) is 11.2 Å². The first-order chi connectivity index (χ1) is 11.5. The minimum absolute atomic E-state index is 0.0703.